The summed E-state index contributed by atoms with van der Waals surface area (Å²) >= 11 is 0. The third-order valence-electron chi connectivity index (χ3n) is 3.04. The van der Waals surface area contributed by atoms with Crippen molar-refractivity contribution in [3.8, 4) is 0 Å². The number of aromatic amines is 1. The molecule has 0 aliphatic carbocycles. The van der Waals surface area contributed by atoms with Crippen molar-refractivity contribution in [1.29, 1.82) is 0 Å². The topological polar surface area (TPSA) is 87.9 Å². The maximum Gasteiger partial charge on any atom is 0.311 e. The van der Waals surface area contributed by atoms with Gasteiger partial charge in [-0.25, -0.2) is 9.97 Å². The van der Waals surface area contributed by atoms with Crippen LogP contribution in [0.25, 0.3) is 0 Å². The zero-order valence-electron chi connectivity index (χ0n) is 9.54. The molecule has 0 saturated carbocycles. The van der Waals surface area contributed by atoms with E-state index in [4.69, 9.17) is 0 Å². The summed E-state index contributed by atoms with van der Waals surface area (Å²) in [6, 6.07) is 3.05. The van der Waals surface area contributed by atoms with Gasteiger partial charge in [0.1, 0.15) is 0 Å². The number of fused-ring (bicyclic) bond motifs is 1. The maximum atomic E-state index is 11.0. The lowest BCUT2D eigenvalue weighted by molar-refractivity contribution is -0.384. The normalized spacial score (nSPS) is 14.3. The quantitative estimate of drug-likeness (QED) is 0.636. The summed E-state index contributed by atoms with van der Waals surface area (Å²) in [5, 5.41) is 11.0. The number of nitrogens with one attached hydrogen (secondary N) is 1. The van der Waals surface area contributed by atoms with Crippen LogP contribution in [0.1, 0.15) is 11.4 Å². The molecule has 0 bridgehead atoms. The first-order chi connectivity index (χ1) is 8.75. The number of nitro groups is 1. The van der Waals surface area contributed by atoms with Gasteiger partial charge in [-0.05, 0) is 6.07 Å². The van der Waals surface area contributed by atoms with Gasteiger partial charge in [0.2, 0.25) is 5.82 Å². The summed E-state index contributed by atoms with van der Waals surface area (Å²) in [6.07, 6.45) is 4.00. The molecule has 0 aromatic carbocycles. The molecule has 18 heavy (non-hydrogen) atoms. The van der Waals surface area contributed by atoms with Crippen molar-refractivity contribution >= 4 is 11.5 Å². The summed E-state index contributed by atoms with van der Waals surface area (Å²) in [5.41, 5.74) is 2.08. The van der Waals surface area contributed by atoms with Crippen molar-refractivity contribution in [2.24, 2.45) is 0 Å². The highest BCUT2D eigenvalue weighted by atomic mass is 16.6. The summed E-state index contributed by atoms with van der Waals surface area (Å²) in [5.74, 6) is 0.419. The number of rotatable bonds is 2. The van der Waals surface area contributed by atoms with Crippen molar-refractivity contribution in [2.75, 3.05) is 11.4 Å². The number of nitrogens with zero attached hydrogens (tertiary/aromatic N) is 4. The van der Waals surface area contributed by atoms with E-state index in [1.165, 1.54) is 6.07 Å². The molecule has 2 aromatic rings. The Balaban J connectivity index is 1.95. The molecule has 3 rings (SSSR count). The van der Waals surface area contributed by atoms with E-state index in [-0.39, 0.29) is 5.69 Å². The third kappa shape index (κ3) is 1.69. The van der Waals surface area contributed by atoms with Crippen LogP contribution >= 0.6 is 0 Å². The van der Waals surface area contributed by atoms with Crippen LogP contribution in [0.5, 0.6) is 0 Å². The summed E-state index contributed by atoms with van der Waals surface area (Å²) in [4.78, 5) is 23.9. The molecule has 0 saturated heterocycles. The van der Waals surface area contributed by atoms with Gasteiger partial charge < -0.3 is 9.88 Å². The van der Waals surface area contributed by atoms with E-state index < -0.39 is 4.92 Å². The predicted octanol–water partition coefficient (Wildman–Crippen LogP) is 1.28. The van der Waals surface area contributed by atoms with Crippen molar-refractivity contribution in [3.63, 3.8) is 0 Å². The van der Waals surface area contributed by atoms with Gasteiger partial charge in [0.15, 0.2) is 0 Å². The smallest absolute Gasteiger partial charge is 0.311 e. The molecule has 3 heterocycles. The second-order valence-corrected chi connectivity index (χ2v) is 4.10. The number of imidazole rings is 1. The van der Waals surface area contributed by atoms with Crippen LogP contribution in [0, 0.1) is 10.1 Å². The van der Waals surface area contributed by atoms with Crippen molar-refractivity contribution < 1.29 is 4.92 Å². The Morgan fingerprint density at radius 3 is 3.17 bits per heavy atom. The molecular weight excluding hydrogens is 234 g/mol. The summed E-state index contributed by atoms with van der Waals surface area (Å²) in [6.45, 7) is 1.27. The Bertz CT molecular complexity index is 595. The molecule has 1 aliphatic heterocycles. The van der Waals surface area contributed by atoms with Gasteiger partial charge in [0, 0.05) is 25.2 Å². The van der Waals surface area contributed by atoms with Gasteiger partial charge in [0.05, 0.1) is 29.2 Å². The Kier molecular flexibility index (Phi) is 2.44. The molecule has 0 fully saturated rings. The van der Waals surface area contributed by atoms with E-state index >= 15 is 0 Å². The first kappa shape index (κ1) is 10.7. The lowest BCUT2D eigenvalue weighted by atomic mass is 10.1. The minimum absolute atomic E-state index is 0.0421. The highest BCUT2D eigenvalue weighted by Crippen LogP contribution is 2.28. The Hall–Kier alpha value is -2.44. The SMILES string of the molecule is O=[N+]([O-])c1cccnc1N1CCc2nc[nH]c2C1. The number of anilines is 1. The molecule has 0 radical (unpaired) electrons. The first-order valence-corrected chi connectivity index (χ1v) is 5.61. The van der Waals surface area contributed by atoms with Crippen LogP contribution in [0.3, 0.4) is 0 Å². The molecule has 0 spiro atoms. The molecule has 92 valence electrons. The Labute approximate surface area is 103 Å². The second kappa shape index (κ2) is 4.10. The molecule has 0 unspecified atom stereocenters. The predicted molar refractivity (Wildman–Crippen MR) is 64.2 cm³/mol. The van der Waals surface area contributed by atoms with E-state index in [2.05, 4.69) is 15.0 Å². The highest BCUT2D eigenvalue weighted by molar-refractivity contribution is 5.58. The monoisotopic (exact) mass is 245 g/mol. The van der Waals surface area contributed by atoms with E-state index in [0.717, 1.165) is 17.8 Å². The molecular formula is C11H11N5O2. The lowest BCUT2D eigenvalue weighted by Gasteiger charge is -2.26. The Morgan fingerprint density at radius 1 is 1.44 bits per heavy atom. The minimum atomic E-state index is -0.398. The fourth-order valence-corrected chi connectivity index (χ4v) is 2.17. The fourth-order valence-electron chi connectivity index (χ4n) is 2.17. The van der Waals surface area contributed by atoms with Crippen LogP contribution in [0.2, 0.25) is 0 Å². The van der Waals surface area contributed by atoms with E-state index in [0.29, 0.717) is 18.9 Å². The number of hydrogen-bond acceptors (Lipinski definition) is 5. The van der Waals surface area contributed by atoms with Crippen molar-refractivity contribution in [1.82, 2.24) is 15.0 Å². The van der Waals surface area contributed by atoms with Crippen LogP contribution < -0.4 is 4.90 Å². The lowest BCUT2D eigenvalue weighted by Crippen LogP contribution is -2.31. The third-order valence-corrected chi connectivity index (χ3v) is 3.04. The van der Waals surface area contributed by atoms with Crippen LogP contribution in [-0.2, 0) is 13.0 Å². The molecule has 7 nitrogen and oxygen atoms in total. The van der Waals surface area contributed by atoms with Gasteiger partial charge in [-0.1, -0.05) is 0 Å². The molecule has 1 N–H and O–H groups in total. The van der Waals surface area contributed by atoms with Gasteiger partial charge in [0.25, 0.3) is 0 Å². The molecule has 0 amide bonds. The van der Waals surface area contributed by atoms with Crippen LogP contribution in [0.4, 0.5) is 11.5 Å². The number of aromatic nitrogens is 3. The standard InChI is InChI=1S/C11H11N5O2/c17-16(18)10-2-1-4-12-11(10)15-5-3-8-9(6-15)14-7-13-8/h1-2,4,7H,3,5-6H2,(H,13,14). The Morgan fingerprint density at radius 2 is 2.33 bits per heavy atom. The second-order valence-electron chi connectivity index (χ2n) is 4.10. The van der Waals surface area contributed by atoms with E-state index in [9.17, 15) is 10.1 Å². The summed E-state index contributed by atoms with van der Waals surface area (Å²) < 4.78 is 0. The molecule has 7 heteroatoms. The molecule has 0 atom stereocenters. The average Bonchev–Trinajstić information content (AvgIpc) is 2.85. The average molecular weight is 245 g/mol. The zero-order valence-corrected chi connectivity index (χ0v) is 9.54. The minimum Gasteiger partial charge on any atom is -0.347 e. The largest absolute Gasteiger partial charge is 0.347 e. The van der Waals surface area contributed by atoms with E-state index in [1.807, 2.05) is 4.90 Å². The first-order valence-electron chi connectivity index (χ1n) is 5.61. The summed E-state index contributed by atoms with van der Waals surface area (Å²) in [7, 11) is 0. The van der Waals surface area contributed by atoms with Crippen LogP contribution in [-0.4, -0.2) is 26.4 Å². The number of H-pyrrole nitrogens is 1. The van der Waals surface area contributed by atoms with Gasteiger partial charge in [-0.3, -0.25) is 10.1 Å². The maximum absolute atomic E-state index is 11.0. The number of pyridine rings is 1. The highest BCUT2D eigenvalue weighted by Gasteiger charge is 2.25. The van der Waals surface area contributed by atoms with Crippen LogP contribution in [0.15, 0.2) is 24.7 Å². The van der Waals surface area contributed by atoms with Gasteiger partial charge >= 0.3 is 5.69 Å². The van der Waals surface area contributed by atoms with Gasteiger partial charge in [-0.2, -0.15) is 0 Å². The van der Waals surface area contributed by atoms with Crippen molar-refractivity contribution in [3.05, 3.63) is 46.2 Å². The fraction of sp³-hybridized carbons (Fsp3) is 0.273. The van der Waals surface area contributed by atoms with E-state index in [1.54, 1.807) is 18.6 Å². The van der Waals surface area contributed by atoms with Crippen molar-refractivity contribution in [2.45, 2.75) is 13.0 Å². The zero-order chi connectivity index (χ0) is 12.5. The molecule has 1 aliphatic rings. The van der Waals surface area contributed by atoms with Gasteiger partial charge in [-0.15, -0.1) is 0 Å². The number of hydrogen-bond donors (Lipinski definition) is 1. The molecule has 2 aromatic heterocycles.